The molecule has 1 heterocycles. The average molecular weight is 243 g/mol. The van der Waals surface area contributed by atoms with Gasteiger partial charge in [-0.15, -0.1) is 0 Å². The molecule has 1 nitrogen and oxygen atoms in total. The summed E-state index contributed by atoms with van der Waals surface area (Å²) >= 11 is 4.58. The minimum atomic E-state index is 0.444. The van der Waals surface area contributed by atoms with Gasteiger partial charge in [-0.05, 0) is 42.3 Å². The summed E-state index contributed by atoms with van der Waals surface area (Å²) in [6.07, 6.45) is 3.92. The summed E-state index contributed by atoms with van der Waals surface area (Å²) in [4.78, 5) is 2.68. The van der Waals surface area contributed by atoms with Gasteiger partial charge in [0.2, 0.25) is 0 Å². The Kier molecular flexibility index (Phi) is 5.66. The summed E-state index contributed by atoms with van der Waals surface area (Å²) in [5.74, 6) is 2.77. The Morgan fingerprint density at radius 3 is 2.00 bits per heavy atom. The topological polar surface area (TPSA) is 3.24 Å². The number of rotatable bonds is 5. The largest absolute Gasteiger partial charge is 0.302 e. The summed E-state index contributed by atoms with van der Waals surface area (Å²) in [7, 11) is 0. The van der Waals surface area contributed by atoms with Crippen molar-refractivity contribution in [2.75, 3.05) is 25.4 Å². The molecular weight excluding hydrogens is 214 g/mol. The zero-order chi connectivity index (χ0) is 12.2. The zero-order valence-electron chi connectivity index (χ0n) is 11.5. The molecule has 96 valence electrons. The molecule has 0 bridgehead atoms. The second kappa shape index (κ2) is 6.30. The van der Waals surface area contributed by atoms with E-state index in [4.69, 9.17) is 0 Å². The molecule has 1 aliphatic rings. The van der Waals surface area contributed by atoms with E-state index in [0.717, 1.165) is 17.6 Å². The molecule has 2 unspecified atom stereocenters. The molecule has 2 heteroatoms. The van der Waals surface area contributed by atoms with Crippen LogP contribution in [0.5, 0.6) is 0 Å². The van der Waals surface area contributed by atoms with Crippen LogP contribution >= 0.6 is 12.6 Å². The highest BCUT2D eigenvalue weighted by Gasteiger charge is 2.30. The third-order valence-electron chi connectivity index (χ3n) is 4.34. The highest BCUT2D eigenvalue weighted by molar-refractivity contribution is 7.80. The maximum Gasteiger partial charge on any atom is 0.00458 e. The molecule has 0 aliphatic carbocycles. The highest BCUT2D eigenvalue weighted by atomic mass is 32.1. The van der Waals surface area contributed by atoms with Crippen molar-refractivity contribution in [3.8, 4) is 0 Å². The fourth-order valence-electron chi connectivity index (χ4n) is 3.14. The van der Waals surface area contributed by atoms with Crippen molar-refractivity contribution >= 4 is 12.6 Å². The Morgan fingerprint density at radius 2 is 1.62 bits per heavy atom. The van der Waals surface area contributed by atoms with Crippen molar-refractivity contribution in [1.29, 1.82) is 0 Å². The predicted molar refractivity (Wildman–Crippen MR) is 76.3 cm³/mol. The smallest absolute Gasteiger partial charge is 0.00458 e. The molecule has 0 aromatic rings. The first kappa shape index (κ1) is 14.4. The van der Waals surface area contributed by atoms with Crippen LogP contribution < -0.4 is 0 Å². The number of hydrogen-bond donors (Lipinski definition) is 1. The standard InChI is InChI=1S/C14H29NS/c1-5-14(6-2,11-16)10-15-8-12(3)7-13(4)9-15/h12-13,16H,5-11H2,1-4H3. The van der Waals surface area contributed by atoms with Crippen LogP contribution in [0.3, 0.4) is 0 Å². The molecule has 16 heavy (non-hydrogen) atoms. The van der Waals surface area contributed by atoms with Crippen LogP contribution in [0, 0.1) is 17.3 Å². The Labute approximate surface area is 107 Å². The molecule has 1 saturated heterocycles. The van der Waals surface area contributed by atoms with Gasteiger partial charge >= 0.3 is 0 Å². The van der Waals surface area contributed by atoms with Gasteiger partial charge in [0.05, 0.1) is 0 Å². The quantitative estimate of drug-likeness (QED) is 0.721. The van der Waals surface area contributed by atoms with Crippen molar-refractivity contribution in [3.63, 3.8) is 0 Å². The van der Waals surface area contributed by atoms with Crippen LogP contribution in [0.1, 0.15) is 47.0 Å². The van der Waals surface area contributed by atoms with Crippen molar-refractivity contribution in [1.82, 2.24) is 4.90 Å². The van der Waals surface area contributed by atoms with Gasteiger partial charge in [-0.2, -0.15) is 12.6 Å². The third kappa shape index (κ3) is 3.66. The molecule has 0 N–H and O–H groups in total. The Balaban J connectivity index is 2.57. The van der Waals surface area contributed by atoms with Gasteiger partial charge in [0.15, 0.2) is 0 Å². The van der Waals surface area contributed by atoms with Crippen LogP contribution in [0.4, 0.5) is 0 Å². The second-order valence-electron chi connectivity index (χ2n) is 6.01. The van der Waals surface area contributed by atoms with E-state index in [-0.39, 0.29) is 0 Å². The minimum Gasteiger partial charge on any atom is -0.302 e. The number of piperidine rings is 1. The fraction of sp³-hybridized carbons (Fsp3) is 1.00. The van der Waals surface area contributed by atoms with Crippen LogP contribution in [0.2, 0.25) is 0 Å². The minimum absolute atomic E-state index is 0.444. The van der Waals surface area contributed by atoms with E-state index in [1.165, 1.54) is 38.9 Å². The van der Waals surface area contributed by atoms with E-state index in [2.05, 4.69) is 45.2 Å². The fourth-order valence-corrected chi connectivity index (χ4v) is 3.69. The van der Waals surface area contributed by atoms with Crippen LogP contribution in [0.25, 0.3) is 0 Å². The van der Waals surface area contributed by atoms with Crippen molar-refractivity contribution < 1.29 is 0 Å². The Morgan fingerprint density at radius 1 is 1.12 bits per heavy atom. The maximum atomic E-state index is 4.58. The monoisotopic (exact) mass is 243 g/mol. The van der Waals surface area contributed by atoms with Gasteiger partial charge in [-0.3, -0.25) is 0 Å². The molecule has 0 aromatic carbocycles. The molecular formula is C14H29NS. The maximum absolute atomic E-state index is 4.58. The first-order chi connectivity index (χ1) is 7.55. The van der Waals surface area contributed by atoms with Gasteiger partial charge in [0, 0.05) is 19.6 Å². The molecule has 0 spiro atoms. The summed E-state index contributed by atoms with van der Waals surface area (Å²) in [6.45, 7) is 13.2. The lowest BCUT2D eigenvalue weighted by atomic mass is 9.82. The van der Waals surface area contributed by atoms with Crippen LogP contribution in [-0.2, 0) is 0 Å². The van der Waals surface area contributed by atoms with Gasteiger partial charge < -0.3 is 4.90 Å². The van der Waals surface area contributed by atoms with E-state index >= 15 is 0 Å². The Bertz CT molecular complexity index is 183. The number of thiol groups is 1. The lowest BCUT2D eigenvalue weighted by Gasteiger charge is -2.41. The molecule has 0 aromatic heterocycles. The first-order valence-corrected chi connectivity index (χ1v) is 7.51. The molecule has 2 atom stereocenters. The van der Waals surface area contributed by atoms with Crippen LogP contribution in [-0.4, -0.2) is 30.3 Å². The summed E-state index contributed by atoms with van der Waals surface area (Å²) in [6, 6.07) is 0. The second-order valence-corrected chi connectivity index (χ2v) is 6.32. The third-order valence-corrected chi connectivity index (χ3v) is 5.01. The normalized spacial score (nSPS) is 28.3. The van der Waals surface area contributed by atoms with Crippen molar-refractivity contribution in [2.45, 2.75) is 47.0 Å². The summed E-state index contributed by atoms with van der Waals surface area (Å²) in [5, 5.41) is 0. The number of nitrogens with zero attached hydrogens (tertiary/aromatic N) is 1. The van der Waals surface area contributed by atoms with E-state index in [1.54, 1.807) is 0 Å². The molecule has 0 amide bonds. The lowest BCUT2D eigenvalue weighted by Crippen LogP contribution is -2.45. The Hall–Kier alpha value is 0.310. The number of likely N-dealkylation sites (tertiary alicyclic amines) is 1. The highest BCUT2D eigenvalue weighted by Crippen LogP contribution is 2.31. The van der Waals surface area contributed by atoms with Gasteiger partial charge in [-0.25, -0.2) is 0 Å². The predicted octanol–water partition coefficient (Wildman–Crippen LogP) is 3.70. The van der Waals surface area contributed by atoms with E-state index < -0.39 is 0 Å². The van der Waals surface area contributed by atoms with Gasteiger partial charge in [-0.1, -0.05) is 27.7 Å². The summed E-state index contributed by atoms with van der Waals surface area (Å²) in [5.41, 5.74) is 0.444. The van der Waals surface area contributed by atoms with Gasteiger partial charge in [0.1, 0.15) is 0 Å². The zero-order valence-corrected chi connectivity index (χ0v) is 12.4. The molecule has 1 fully saturated rings. The molecule has 0 radical (unpaired) electrons. The van der Waals surface area contributed by atoms with E-state index in [1.807, 2.05) is 0 Å². The summed E-state index contributed by atoms with van der Waals surface area (Å²) < 4.78 is 0. The van der Waals surface area contributed by atoms with E-state index in [0.29, 0.717) is 5.41 Å². The SMILES string of the molecule is CCC(CC)(CS)CN1CC(C)CC(C)C1. The van der Waals surface area contributed by atoms with Crippen LogP contribution in [0.15, 0.2) is 0 Å². The lowest BCUT2D eigenvalue weighted by molar-refractivity contribution is 0.0875. The molecule has 1 aliphatic heterocycles. The van der Waals surface area contributed by atoms with Gasteiger partial charge in [0.25, 0.3) is 0 Å². The average Bonchev–Trinajstić information content (AvgIpc) is 2.25. The molecule has 0 saturated carbocycles. The number of hydrogen-bond acceptors (Lipinski definition) is 2. The first-order valence-electron chi connectivity index (χ1n) is 6.88. The van der Waals surface area contributed by atoms with Crippen molar-refractivity contribution in [2.24, 2.45) is 17.3 Å². The molecule has 1 rings (SSSR count). The van der Waals surface area contributed by atoms with E-state index in [9.17, 15) is 0 Å². The van der Waals surface area contributed by atoms with Crippen molar-refractivity contribution in [3.05, 3.63) is 0 Å².